The Balaban J connectivity index is 2.96. The van der Waals surface area contributed by atoms with Crippen molar-refractivity contribution in [3.63, 3.8) is 0 Å². The summed E-state index contributed by atoms with van der Waals surface area (Å²) in [5, 5.41) is 0. The van der Waals surface area contributed by atoms with Gasteiger partial charge in [-0.3, -0.25) is 0 Å². The average Bonchev–Trinajstić information content (AvgIpc) is 2.47. The molecule has 0 atom stereocenters. The fourth-order valence-corrected chi connectivity index (χ4v) is 3.03. The third kappa shape index (κ3) is 3.12. The van der Waals surface area contributed by atoms with Crippen molar-refractivity contribution in [2.45, 2.75) is 74.1 Å². The van der Waals surface area contributed by atoms with Crippen LogP contribution in [-0.2, 0) is 0 Å². The van der Waals surface area contributed by atoms with Crippen LogP contribution in [-0.4, -0.2) is 0 Å². The lowest BCUT2D eigenvalue weighted by molar-refractivity contribution is 0.441. The first-order valence-corrected chi connectivity index (χ1v) is 6.89. The smallest absolute Gasteiger partial charge is 0.0170 e. The minimum absolute atomic E-state index is 0.366. The van der Waals surface area contributed by atoms with Crippen molar-refractivity contribution < 1.29 is 0 Å². The van der Waals surface area contributed by atoms with E-state index in [9.17, 15) is 0 Å². The second-order valence-electron chi connectivity index (χ2n) is 7.52. The molecule has 1 rings (SSSR count). The highest BCUT2D eigenvalue weighted by molar-refractivity contribution is 5.30. The molecule has 0 aromatic carbocycles. The lowest BCUT2D eigenvalue weighted by Crippen LogP contribution is -2.16. The zero-order valence-corrected chi connectivity index (χ0v) is 12.4. The van der Waals surface area contributed by atoms with Crippen molar-refractivity contribution >= 4 is 0 Å². The predicted molar refractivity (Wildman–Crippen MR) is 73.6 cm³/mol. The Bertz CT molecular complexity index is 241. The van der Waals surface area contributed by atoms with Crippen LogP contribution in [0.15, 0.2) is 11.1 Å². The molecule has 0 radical (unpaired) electrons. The van der Waals surface area contributed by atoms with E-state index in [2.05, 4.69) is 48.5 Å². The largest absolute Gasteiger partial charge is 0.0654 e. The van der Waals surface area contributed by atoms with Gasteiger partial charge in [0.05, 0.1) is 0 Å². The van der Waals surface area contributed by atoms with E-state index in [1.165, 1.54) is 25.7 Å². The first-order chi connectivity index (χ1) is 7.16. The molecule has 0 aliphatic heterocycles. The van der Waals surface area contributed by atoms with Gasteiger partial charge in [0.15, 0.2) is 0 Å². The molecule has 0 unspecified atom stereocenters. The summed E-state index contributed by atoms with van der Waals surface area (Å²) in [6, 6.07) is 0. The maximum atomic E-state index is 2.38. The minimum atomic E-state index is 0.366. The molecule has 0 aromatic heterocycles. The van der Waals surface area contributed by atoms with E-state index in [0.29, 0.717) is 10.8 Å². The molecule has 94 valence electrons. The van der Waals surface area contributed by atoms with Crippen molar-refractivity contribution in [3.05, 3.63) is 11.1 Å². The van der Waals surface area contributed by atoms with Crippen LogP contribution in [0.3, 0.4) is 0 Å². The van der Waals surface area contributed by atoms with Crippen molar-refractivity contribution in [3.8, 4) is 0 Å². The van der Waals surface area contributed by atoms with Crippen molar-refractivity contribution in [1.29, 1.82) is 0 Å². The normalized spacial score (nSPS) is 19.7. The second kappa shape index (κ2) is 4.55. The number of rotatable bonds is 2. The lowest BCUT2D eigenvalue weighted by Gasteiger charge is -2.29. The zero-order valence-electron chi connectivity index (χ0n) is 12.4. The molecule has 0 heterocycles. The van der Waals surface area contributed by atoms with E-state index in [-0.39, 0.29) is 0 Å². The molecule has 0 amide bonds. The molecule has 0 aromatic rings. The highest BCUT2D eigenvalue weighted by atomic mass is 14.4. The first-order valence-electron chi connectivity index (χ1n) is 6.89. The van der Waals surface area contributed by atoms with Crippen LogP contribution >= 0.6 is 0 Å². The van der Waals surface area contributed by atoms with Gasteiger partial charge in [0, 0.05) is 0 Å². The fourth-order valence-electron chi connectivity index (χ4n) is 3.03. The van der Waals surface area contributed by atoms with E-state index in [4.69, 9.17) is 0 Å². The van der Waals surface area contributed by atoms with Crippen LogP contribution < -0.4 is 0 Å². The Morgan fingerprint density at radius 3 is 1.50 bits per heavy atom. The maximum absolute atomic E-state index is 2.38. The van der Waals surface area contributed by atoms with Gasteiger partial charge < -0.3 is 0 Å². The van der Waals surface area contributed by atoms with Gasteiger partial charge in [-0.25, -0.2) is 0 Å². The Hall–Kier alpha value is -0.260. The van der Waals surface area contributed by atoms with Crippen LogP contribution in [0.5, 0.6) is 0 Å². The van der Waals surface area contributed by atoms with Gasteiger partial charge >= 0.3 is 0 Å². The van der Waals surface area contributed by atoms with Gasteiger partial charge in [-0.05, 0) is 29.6 Å². The first kappa shape index (κ1) is 13.8. The third-order valence-corrected chi connectivity index (χ3v) is 3.86. The molecule has 0 heteroatoms. The van der Waals surface area contributed by atoms with Crippen molar-refractivity contribution in [2.24, 2.45) is 16.7 Å². The summed E-state index contributed by atoms with van der Waals surface area (Å²) in [5.41, 5.74) is 4.23. The number of hydrogen-bond donors (Lipinski definition) is 0. The van der Waals surface area contributed by atoms with E-state index in [1.807, 2.05) is 0 Å². The SMILES string of the molecule is CCCC1CC(C(C)(C)C)=C(C(C)(C)C)C1. The molecule has 0 N–H and O–H groups in total. The fraction of sp³-hybridized carbons (Fsp3) is 0.875. The zero-order chi connectivity index (χ0) is 12.6. The standard InChI is InChI=1S/C16H30/c1-8-9-12-10-13(15(2,3)4)14(11-12)16(5,6)7/h12H,8-11H2,1-7H3. The number of allylic oxidation sites excluding steroid dienone is 2. The van der Waals surface area contributed by atoms with Gasteiger partial charge in [-0.15, -0.1) is 0 Å². The van der Waals surface area contributed by atoms with Gasteiger partial charge in [0.1, 0.15) is 0 Å². The van der Waals surface area contributed by atoms with Crippen LogP contribution in [0.25, 0.3) is 0 Å². The van der Waals surface area contributed by atoms with E-state index >= 15 is 0 Å². The van der Waals surface area contributed by atoms with Crippen LogP contribution in [0.1, 0.15) is 74.1 Å². The molecular weight excluding hydrogens is 192 g/mol. The maximum Gasteiger partial charge on any atom is -0.0170 e. The van der Waals surface area contributed by atoms with Gasteiger partial charge in [0.25, 0.3) is 0 Å². The topological polar surface area (TPSA) is 0 Å². The summed E-state index contributed by atoms with van der Waals surface area (Å²) in [6.07, 6.45) is 5.44. The highest BCUT2D eigenvalue weighted by Gasteiger charge is 2.35. The van der Waals surface area contributed by atoms with Crippen LogP contribution in [0, 0.1) is 16.7 Å². The Labute approximate surface area is 103 Å². The van der Waals surface area contributed by atoms with Crippen LogP contribution in [0.2, 0.25) is 0 Å². The Morgan fingerprint density at radius 1 is 0.875 bits per heavy atom. The predicted octanol–water partition coefficient (Wildman–Crippen LogP) is 5.59. The Kier molecular flexibility index (Phi) is 3.92. The molecule has 0 bridgehead atoms. The van der Waals surface area contributed by atoms with Crippen molar-refractivity contribution in [1.82, 2.24) is 0 Å². The monoisotopic (exact) mass is 222 g/mol. The van der Waals surface area contributed by atoms with Gasteiger partial charge in [-0.1, -0.05) is 72.5 Å². The second-order valence-corrected chi connectivity index (χ2v) is 7.52. The average molecular weight is 222 g/mol. The van der Waals surface area contributed by atoms with E-state index in [1.54, 1.807) is 11.1 Å². The third-order valence-electron chi connectivity index (χ3n) is 3.86. The van der Waals surface area contributed by atoms with Gasteiger partial charge in [-0.2, -0.15) is 0 Å². The molecule has 0 saturated carbocycles. The minimum Gasteiger partial charge on any atom is -0.0654 e. The lowest BCUT2D eigenvalue weighted by atomic mass is 9.76. The molecule has 1 aliphatic rings. The van der Waals surface area contributed by atoms with Crippen molar-refractivity contribution in [2.75, 3.05) is 0 Å². The molecular formula is C16H30. The highest BCUT2D eigenvalue weighted by Crippen LogP contribution is 2.49. The van der Waals surface area contributed by atoms with Gasteiger partial charge in [0.2, 0.25) is 0 Å². The molecule has 0 nitrogen and oxygen atoms in total. The van der Waals surface area contributed by atoms with Crippen LogP contribution in [0.4, 0.5) is 0 Å². The molecule has 16 heavy (non-hydrogen) atoms. The molecule has 0 fully saturated rings. The summed E-state index contributed by atoms with van der Waals surface area (Å²) in [6.45, 7) is 16.6. The number of hydrogen-bond acceptors (Lipinski definition) is 0. The summed E-state index contributed by atoms with van der Waals surface area (Å²) in [4.78, 5) is 0. The molecule has 1 aliphatic carbocycles. The summed E-state index contributed by atoms with van der Waals surface area (Å²) in [5.74, 6) is 0.924. The quantitative estimate of drug-likeness (QED) is 0.535. The van der Waals surface area contributed by atoms with E-state index < -0.39 is 0 Å². The summed E-state index contributed by atoms with van der Waals surface area (Å²) in [7, 11) is 0. The summed E-state index contributed by atoms with van der Waals surface area (Å²) >= 11 is 0. The molecule has 0 saturated heterocycles. The Morgan fingerprint density at radius 2 is 1.25 bits per heavy atom. The molecule has 0 spiro atoms. The van der Waals surface area contributed by atoms with E-state index in [0.717, 1.165) is 5.92 Å². The summed E-state index contributed by atoms with van der Waals surface area (Å²) < 4.78 is 0.